The summed E-state index contributed by atoms with van der Waals surface area (Å²) < 4.78 is 31.5. The fraction of sp³-hybridized carbons (Fsp3) is 0. The van der Waals surface area contributed by atoms with Gasteiger partial charge in [-0.05, 0) is 30.3 Å². The van der Waals surface area contributed by atoms with Gasteiger partial charge in [-0.25, -0.2) is 8.42 Å². The largest absolute Gasteiger partial charge is 2.00 e. The van der Waals surface area contributed by atoms with Gasteiger partial charge in [0.2, 0.25) is 0 Å². The van der Waals surface area contributed by atoms with Gasteiger partial charge in [-0.15, -0.1) is 0 Å². The molecule has 0 saturated heterocycles. The number of benzene rings is 3. The number of pyridine rings is 4. The van der Waals surface area contributed by atoms with Crippen LogP contribution in [0.4, 0.5) is 0 Å². The van der Waals surface area contributed by atoms with Crippen molar-refractivity contribution in [1.29, 1.82) is 0 Å². The molecule has 1 radical (unpaired) electrons. The van der Waals surface area contributed by atoms with Gasteiger partial charge in [0.25, 0.3) is 0 Å². The minimum Gasteiger partial charge on any atom is -0.744 e. The SMILES string of the molecule is O.O.O.O=C([O-])c1ccccc1S(=O)(=O)[O-].[Mn+2].[OH3+].c1cnc2c(c1)ccc1cccnc12.c1cnc2c(c1)ccc1cccnc12. The number of carboxylic acids is 1. The number of aromatic nitrogens is 4. The molecule has 7 aromatic rings. The molecule has 4 aromatic heterocycles. The second-order valence-corrected chi connectivity index (χ2v) is 10.0. The average molecular weight is 689 g/mol. The molecule has 0 spiro atoms. The number of hydrogen-bond acceptors (Lipinski definition) is 9. The molecule has 0 bridgehead atoms. The molecule has 0 aliphatic carbocycles. The summed E-state index contributed by atoms with van der Waals surface area (Å²) in [6.45, 7) is 0. The zero-order valence-electron chi connectivity index (χ0n) is 23.7. The first-order valence-electron chi connectivity index (χ1n) is 12.3. The number of aromatic carboxylic acids is 1. The quantitative estimate of drug-likeness (QED) is 0.109. The molecule has 0 atom stereocenters. The third-order valence-corrected chi connectivity index (χ3v) is 6.96. The van der Waals surface area contributed by atoms with Crippen LogP contribution in [0.15, 0.2) is 127 Å². The van der Waals surface area contributed by atoms with Crippen LogP contribution in [-0.2, 0) is 32.7 Å². The van der Waals surface area contributed by atoms with Gasteiger partial charge >= 0.3 is 17.1 Å². The predicted octanol–water partition coefficient (Wildman–Crippen LogP) is 1.12. The van der Waals surface area contributed by atoms with Crippen molar-refractivity contribution < 1.29 is 61.8 Å². The minimum atomic E-state index is -4.75. The zero-order valence-corrected chi connectivity index (χ0v) is 25.7. The standard InChI is InChI=1S/2C12H8N2.C7H6O5S.Mn.4H2O/c2*1-3-9-5-6-10-4-2-8-14-12(10)11(9)13-7-1;8-7(9)5-3-1-2-4-6(5)13(10,11)12;;;;;/h2*1-8H;1-4H,(H,8,9)(H,10,11,12);;4*1H2/q;;;+2;;;;/p-1. The van der Waals surface area contributed by atoms with E-state index >= 15 is 0 Å². The van der Waals surface area contributed by atoms with Crippen molar-refractivity contribution in [2.75, 3.05) is 0 Å². The normalized spacial score (nSPS) is 9.76. The van der Waals surface area contributed by atoms with E-state index in [1.165, 1.54) is 12.1 Å². The summed E-state index contributed by atoms with van der Waals surface area (Å²) in [5.74, 6) is -1.69. The van der Waals surface area contributed by atoms with E-state index in [9.17, 15) is 22.9 Å². The second kappa shape index (κ2) is 18.1. The summed E-state index contributed by atoms with van der Waals surface area (Å²) in [7, 11) is -4.75. The minimum absolute atomic E-state index is 0. The molecule has 0 saturated carbocycles. The Labute approximate surface area is 273 Å². The smallest absolute Gasteiger partial charge is 0.744 e. The molecule has 4 heterocycles. The van der Waals surface area contributed by atoms with Gasteiger partial charge in [-0.2, -0.15) is 0 Å². The Bertz CT molecular complexity index is 1930. The summed E-state index contributed by atoms with van der Waals surface area (Å²) in [4.78, 5) is 27.0. The van der Waals surface area contributed by atoms with Crippen LogP contribution in [0.2, 0.25) is 0 Å². The second-order valence-electron chi connectivity index (χ2n) is 8.67. The van der Waals surface area contributed by atoms with Crippen LogP contribution in [0.1, 0.15) is 10.4 Å². The Morgan fingerprint density at radius 3 is 1.09 bits per heavy atom. The Morgan fingerprint density at radius 2 is 0.826 bits per heavy atom. The van der Waals surface area contributed by atoms with E-state index in [0.717, 1.165) is 55.7 Å². The molecule has 7 rings (SSSR count). The van der Waals surface area contributed by atoms with Crippen LogP contribution in [0.25, 0.3) is 43.6 Å². The molecule has 13 nitrogen and oxygen atoms in total. The van der Waals surface area contributed by atoms with Crippen LogP contribution >= 0.6 is 0 Å². The third-order valence-electron chi connectivity index (χ3n) is 6.07. The maximum atomic E-state index is 10.5. The van der Waals surface area contributed by atoms with E-state index in [-0.39, 0.29) is 39.0 Å². The fourth-order valence-electron chi connectivity index (χ4n) is 4.21. The van der Waals surface area contributed by atoms with Crippen molar-refractivity contribution in [2.24, 2.45) is 0 Å². The molecule has 46 heavy (non-hydrogen) atoms. The summed E-state index contributed by atoms with van der Waals surface area (Å²) in [6, 6.07) is 28.8. The Morgan fingerprint density at radius 1 is 0.522 bits per heavy atom. The van der Waals surface area contributed by atoms with Gasteiger partial charge in [-0.3, -0.25) is 19.9 Å². The van der Waals surface area contributed by atoms with Gasteiger partial charge < -0.3 is 36.4 Å². The molecule has 0 amide bonds. The molecular weight excluding hydrogens is 659 g/mol. The number of hydrogen-bond donors (Lipinski definition) is 0. The van der Waals surface area contributed by atoms with Crippen molar-refractivity contribution >= 4 is 59.7 Å². The topological polar surface area (TPSA) is 276 Å². The number of fused-ring (bicyclic) bond motifs is 6. The van der Waals surface area contributed by atoms with Gasteiger partial charge in [0.1, 0.15) is 10.1 Å². The molecule has 3 aromatic carbocycles. The molecule has 0 fully saturated rings. The summed E-state index contributed by atoms with van der Waals surface area (Å²) in [5.41, 5.74) is 3.30. The van der Waals surface area contributed by atoms with Crippen LogP contribution in [0.3, 0.4) is 0 Å². The van der Waals surface area contributed by atoms with Crippen molar-refractivity contribution in [1.82, 2.24) is 19.9 Å². The van der Waals surface area contributed by atoms with E-state index in [2.05, 4.69) is 68.5 Å². The molecule has 0 aliphatic rings. The average Bonchev–Trinajstić information content (AvgIpc) is 3.01. The number of nitrogens with zero attached hydrogens (tertiary/aromatic N) is 4. The molecule has 15 heteroatoms. The Kier molecular flexibility index (Phi) is 16.2. The van der Waals surface area contributed by atoms with Crippen molar-refractivity contribution in [3.05, 3.63) is 127 Å². The molecular formula is C31H29MnN4O9S+. The van der Waals surface area contributed by atoms with Crippen molar-refractivity contribution in [3.8, 4) is 0 Å². The summed E-state index contributed by atoms with van der Waals surface area (Å²) in [6.07, 6.45) is 7.21. The van der Waals surface area contributed by atoms with Gasteiger partial charge in [0.15, 0.2) is 0 Å². The van der Waals surface area contributed by atoms with Crippen LogP contribution in [-0.4, -0.2) is 55.3 Å². The van der Waals surface area contributed by atoms with Crippen molar-refractivity contribution in [3.63, 3.8) is 0 Å². The van der Waals surface area contributed by atoms with Crippen LogP contribution in [0, 0.1) is 0 Å². The molecule has 9 N–H and O–H groups in total. The van der Waals surface area contributed by atoms with E-state index in [1.54, 1.807) is 24.8 Å². The van der Waals surface area contributed by atoms with Crippen LogP contribution in [0.5, 0.6) is 0 Å². The number of carbonyl (C=O) groups is 1. The fourth-order valence-corrected chi connectivity index (χ4v) is 4.88. The number of rotatable bonds is 2. The van der Waals surface area contributed by atoms with E-state index in [4.69, 9.17) is 0 Å². The maximum Gasteiger partial charge on any atom is 2.00 e. The molecule has 0 unspecified atom stereocenters. The number of carbonyl (C=O) groups excluding carboxylic acids is 1. The van der Waals surface area contributed by atoms with Gasteiger partial charge in [-0.1, -0.05) is 66.7 Å². The molecule has 239 valence electrons. The van der Waals surface area contributed by atoms with Gasteiger partial charge in [0, 0.05) is 51.9 Å². The summed E-state index contributed by atoms with van der Waals surface area (Å²) >= 11 is 0. The first-order chi connectivity index (χ1) is 19.8. The van der Waals surface area contributed by atoms with Gasteiger partial charge in [0.05, 0.1) is 32.9 Å². The first kappa shape index (κ1) is 41.0. The monoisotopic (exact) mass is 688 g/mol. The Balaban J connectivity index is 0.000000627. The zero-order chi connectivity index (χ0) is 28.8. The van der Waals surface area contributed by atoms with Crippen LogP contribution < -0.4 is 5.11 Å². The van der Waals surface area contributed by atoms with E-state index in [1.807, 2.05) is 24.3 Å². The van der Waals surface area contributed by atoms with E-state index in [0.29, 0.717) is 0 Å². The Hall–Kier alpha value is -4.96. The summed E-state index contributed by atoms with van der Waals surface area (Å²) in [5, 5.41) is 14.9. The molecule has 0 aliphatic heterocycles. The van der Waals surface area contributed by atoms with Crippen molar-refractivity contribution in [2.45, 2.75) is 4.90 Å². The number of carboxylic acid groups (broad SMARTS) is 1. The van der Waals surface area contributed by atoms with E-state index < -0.39 is 26.5 Å². The maximum absolute atomic E-state index is 10.5. The third kappa shape index (κ3) is 9.28. The first-order valence-corrected chi connectivity index (χ1v) is 13.7. The predicted molar refractivity (Wildman–Crippen MR) is 169 cm³/mol.